The Morgan fingerprint density at radius 1 is 0.530 bits per heavy atom. The largest absolute Gasteiger partial charge is 0.462 e. The van der Waals surface area contributed by atoms with Gasteiger partial charge in [-0.25, -0.2) is 0 Å². The normalized spacial score (nSPS) is 19.2. The van der Waals surface area contributed by atoms with Crippen molar-refractivity contribution in [3.63, 3.8) is 0 Å². The summed E-state index contributed by atoms with van der Waals surface area (Å²) in [6, 6.07) is 0. The van der Waals surface area contributed by atoms with E-state index in [0.29, 0.717) is 12.8 Å². The van der Waals surface area contributed by atoms with Crippen molar-refractivity contribution in [2.45, 2.75) is 294 Å². The highest BCUT2D eigenvalue weighted by Gasteiger charge is 2.46. The Morgan fingerprint density at radius 3 is 1.27 bits per heavy atom. The minimum Gasteiger partial charge on any atom is -0.462 e. The van der Waals surface area contributed by atoms with Crippen molar-refractivity contribution in [1.82, 2.24) is 0 Å². The van der Waals surface area contributed by atoms with Gasteiger partial charge in [-0.05, 0) is 25.7 Å². The molecule has 390 valence electrons. The highest BCUT2D eigenvalue weighted by atomic mass is 32.2. The first-order valence-corrected chi connectivity index (χ1v) is 28.8. The summed E-state index contributed by atoms with van der Waals surface area (Å²) in [5.74, 6) is -1.96. The van der Waals surface area contributed by atoms with Gasteiger partial charge < -0.3 is 34.3 Å². The van der Waals surface area contributed by atoms with Crippen LogP contribution in [0.1, 0.15) is 257 Å². The molecule has 0 bridgehead atoms. The van der Waals surface area contributed by atoms with Gasteiger partial charge in [-0.1, -0.05) is 225 Å². The molecule has 2 unspecified atom stereocenters. The number of carbonyl (C=O) groups is 2. The summed E-state index contributed by atoms with van der Waals surface area (Å²) < 4.78 is 54.3. The van der Waals surface area contributed by atoms with E-state index in [0.717, 1.165) is 44.9 Å². The van der Waals surface area contributed by atoms with Gasteiger partial charge in [0.2, 0.25) is 0 Å². The van der Waals surface area contributed by atoms with Gasteiger partial charge in [-0.3, -0.25) is 14.1 Å². The van der Waals surface area contributed by atoms with E-state index in [1.54, 1.807) is 0 Å². The van der Waals surface area contributed by atoms with Gasteiger partial charge in [0, 0.05) is 12.8 Å². The first-order chi connectivity index (χ1) is 32.0. The standard InChI is InChI=1S/C53H100O12S/c1-3-5-7-9-11-13-15-17-19-20-21-22-23-24-25-26-28-29-31-33-35-37-39-41-48(54)62-43-46(44-63-53-52(58)51(57)50(56)47(65-53)45-66(59,60)61)64-49(55)42-40-38-36-34-32-30-27-18-16-14-12-10-8-6-4-2/h4,46-47,50-53,56-58H,2-3,5-45H2,1H3,(H,59,60,61)/t46-,47-,50-,51?,52?,53+/m1/s1. The molecule has 1 fully saturated rings. The zero-order chi connectivity index (χ0) is 48.4. The molecular formula is C53H100O12S. The topological polar surface area (TPSA) is 186 Å². The first-order valence-electron chi connectivity index (χ1n) is 27.2. The van der Waals surface area contributed by atoms with Crippen molar-refractivity contribution in [3.8, 4) is 0 Å². The molecule has 0 aromatic rings. The molecule has 0 aliphatic carbocycles. The van der Waals surface area contributed by atoms with Crippen LogP contribution in [0.2, 0.25) is 0 Å². The van der Waals surface area contributed by atoms with E-state index in [4.69, 9.17) is 18.9 Å². The molecule has 1 rings (SSSR count). The fourth-order valence-corrected chi connectivity index (χ4v) is 9.47. The van der Waals surface area contributed by atoms with Gasteiger partial charge in [0.05, 0.1) is 6.61 Å². The molecule has 0 amide bonds. The van der Waals surface area contributed by atoms with Crippen molar-refractivity contribution >= 4 is 22.1 Å². The summed E-state index contributed by atoms with van der Waals surface area (Å²) in [5.41, 5.74) is 0. The third kappa shape index (κ3) is 37.3. The van der Waals surface area contributed by atoms with Crippen LogP contribution in [-0.4, -0.2) is 96.0 Å². The van der Waals surface area contributed by atoms with E-state index in [1.807, 2.05) is 6.08 Å². The van der Waals surface area contributed by atoms with Crippen molar-refractivity contribution in [2.75, 3.05) is 19.0 Å². The molecule has 1 heterocycles. The van der Waals surface area contributed by atoms with Gasteiger partial charge in [0.25, 0.3) is 10.1 Å². The molecule has 0 aromatic heterocycles. The highest BCUT2D eigenvalue weighted by molar-refractivity contribution is 7.85. The Bertz CT molecular complexity index is 1250. The monoisotopic (exact) mass is 961 g/mol. The fourth-order valence-electron chi connectivity index (χ4n) is 8.78. The van der Waals surface area contributed by atoms with Crippen molar-refractivity contribution < 1.29 is 56.8 Å². The van der Waals surface area contributed by atoms with Gasteiger partial charge >= 0.3 is 11.9 Å². The van der Waals surface area contributed by atoms with Crippen molar-refractivity contribution in [1.29, 1.82) is 0 Å². The minimum absolute atomic E-state index is 0.167. The number of carbonyl (C=O) groups excluding carboxylic acids is 2. The number of hydrogen-bond donors (Lipinski definition) is 4. The van der Waals surface area contributed by atoms with E-state index < -0.39 is 71.2 Å². The van der Waals surface area contributed by atoms with Crippen LogP contribution in [0.15, 0.2) is 12.7 Å². The van der Waals surface area contributed by atoms with Gasteiger partial charge in [0.15, 0.2) is 12.4 Å². The second-order valence-electron chi connectivity index (χ2n) is 19.3. The third-order valence-corrected chi connectivity index (χ3v) is 13.7. The number of rotatable bonds is 48. The summed E-state index contributed by atoms with van der Waals surface area (Å²) in [5, 5.41) is 31.0. The Morgan fingerprint density at radius 2 is 0.894 bits per heavy atom. The number of esters is 2. The molecule has 0 radical (unpaired) electrons. The van der Waals surface area contributed by atoms with Crippen LogP contribution in [-0.2, 0) is 38.7 Å². The maximum Gasteiger partial charge on any atom is 0.306 e. The molecule has 0 saturated carbocycles. The van der Waals surface area contributed by atoms with E-state index >= 15 is 0 Å². The molecular weight excluding hydrogens is 861 g/mol. The van der Waals surface area contributed by atoms with Crippen LogP contribution >= 0.6 is 0 Å². The Hall–Kier alpha value is -1.61. The molecule has 1 aliphatic heterocycles. The molecule has 0 aromatic carbocycles. The lowest BCUT2D eigenvalue weighted by atomic mass is 10.00. The van der Waals surface area contributed by atoms with E-state index in [1.165, 1.54) is 180 Å². The van der Waals surface area contributed by atoms with Gasteiger partial charge in [0.1, 0.15) is 36.8 Å². The lowest BCUT2D eigenvalue weighted by Crippen LogP contribution is -2.60. The summed E-state index contributed by atoms with van der Waals surface area (Å²) in [6.07, 6.45) is 38.7. The SMILES string of the molecule is C=CCCCCCCCCCCCCCCCC(=O)O[C@H](COC(=O)CCCCCCCCCCCCCCCCCCCCCCCCC)CO[C@H]1O[C@H](CS(=O)(=O)O)[C@@H](O)C(O)C1O. The fraction of sp³-hybridized carbons (Fsp3) is 0.925. The average Bonchev–Trinajstić information content (AvgIpc) is 3.28. The van der Waals surface area contributed by atoms with Crippen molar-refractivity contribution in [3.05, 3.63) is 12.7 Å². The van der Waals surface area contributed by atoms with Crippen molar-refractivity contribution in [2.24, 2.45) is 0 Å². The lowest BCUT2D eigenvalue weighted by molar-refractivity contribution is -0.297. The maximum absolute atomic E-state index is 12.9. The van der Waals surface area contributed by atoms with Crippen LogP contribution in [0.4, 0.5) is 0 Å². The van der Waals surface area contributed by atoms with Crippen LogP contribution in [0.5, 0.6) is 0 Å². The minimum atomic E-state index is -4.60. The summed E-state index contributed by atoms with van der Waals surface area (Å²) >= 11 is 0. The Labute approximate surface area is 403 Å². The molecule has 1 aliphatic rings. The number of hydrogen-bond acceptors (Lipinski definition) is 11. The molecule has 12 nitrogen and oxygen atoms in total. The summed E-state index contributed by atoms with van der Waals surface area (Å²) in [7, 11) is -4.60. The third-order valence-electron chi connectivity index (χ3n) is 13.0. The summed E-state index contributed by atoms with van der Waals surface area (Å²) in [4.78, 5) is 25.5. The molecule has 1 saturated heterocycles. The second kappa shape index (κ2) is 43.4. The van der Waals surface area contributed by atoms with Crippen LogP contribution in [0.25, 0.3) is 0 Å². The number of allylic oxidation sites excluding steroid dienone is 1. The number of aliphatic hydroxyl groups excluding tert-OH is 3. The quantitative estimate of drug-likeness (QED) is 0.0196. The molecule has 4 N–H and O–H groups in total. The first kappa shape index (κ1) is 62.4. The molecule has 6 atom stereocenters. The van der Waals surface area contributed by atoms with Crippen LogP contribution in [0, 0.1) is 0 Å². The molecule has 13 heteroatoms. The predicted molar refractivity (Wildman–Crippen MR) is 266 cm³/mol. The second-order valence-corrected chi connectivity index (χ2v) is 20.8. The van der Waals surface area contributed by atoms with Gasteiger partial charge in [-0.2, -0.15) is 8.42 Å². The Kier molecular flexibility index (Phi) is 41.0. The zero-order valence-corrected chi connectivity index (χ0v) is 42.7. The highest BCUT2D eigenvalue weighted by Crippen LogP contribution is 2.24. The number of unbranched alkanes of at least 4 members (excludes halogenated alkanes) is 35. The summed E-state index contributed by atoms with van der Waals surface area (Å²) in [6.45, 7) is 5.34. The van der Waals surface area contributed by atoms with Gasteiger partial charge in [-0.15, -0.1) is 6.58 Å². The van der Waals surface area contributed by atoms with Crippen LogP contribution < -0.4 is 0 Å². The number of ether oxygens (including phenoxy) is 4. The van der Waals surface area contributed by atoms with E-state index in [2.05, 4.69) is 13.5 Å². The maximum atomic E-state index is 12.9. The zero-order valence-electron chi connectivity index (χ0n) is 41.9. The van der Waals surface area contributed by atoms with E-state index in [9.17, 15) is 37.9 Å². The smallest absolute Gasteiger partial charge is 0.306 e. The number of aliphatic hydroxyl groups is 3. The average molecular weight is 961 g/mol. The van der Waals surface area contributed by atoms with Crippen LogP contribution in [0.3, 0.4) is 0 Å². The predicted octanol–water partition coefficient (Wildman–Crippen LogP) is 12.6. The molecule has 66 heavy (non-hydrogen) atoms. The lowest BCUT2D eigenvalue weighted by Gasteiger charge is -2.40. The molecule has 0 spiro atoms. The van der Waals surface area contributed by atoms with E-state index in [-0.39, 0.29) is 19.4 Å². The Balaban J connectivity index is 2.29.